The maximum Gasteiger partial charge on any atom is 0.291 e. The van der Waals surface area contributed by atoms with Crippen molar-refractivity contribution in [3.63, 3.8) is 0 Å². The SMILES string of the molecule is CCc1ccccc1NC(=O)CNC(=O)c1nc(CC)n(-c2c(Cl)cccc2Cl)n1. The second-order valence-corrected chi connectivity index (χ2v) is 7.24. The Morgan fingerprint density at radius 3 is 2.37 bits per heavy atom. The second-order valence-electron chi connectivity index (χ2n) is 6.43. The van der Waals surface area contributed by atoms with Gasteiger partial charge in [0.2, 0.25) is 11.7 Å². The molecule has 0 aliphatic heterocycles. The van der Waals surface area contributed by atoms with E-state index in [4.69, 9.17) is 23.2 Å². The number of aryl methyl sites for hydroxylation is 2. The van der Waals surface area contributed by atoms with Gasteiger partial charge in [0.05, 0.1) is 16.6 Å². The van der Waals surface area contributed by atoms with E-state index in [-0.39, 0.29) is 18.3 Å². The molecule has 0 fully saturated rings. The van der Waals surface area contributed by atoms with Crippen LogP contribution in [0, 0.1) is 0 Å². The molecule has 3 rings (SSSR count). The summed E-state index contributed by atoms with van der Waals surface area (Å²) in [4.78, 5) is 29.0. The molecule has 0 radical (unpaired) electrons. The van der Waals surface area contributed by atoms with E-state index in [1.54, 1.807) is 18.2 Å². The van der Waals surface area contributed by atoms with Crippen molar-refractivity contribution in [3.05, 3.63) is 69.7 Å². The second kappa shape index (κ2) is 9.73. The molecule has 30 heavy (non-hydrogen) atoms. The summed E-state index contributed by atoms with van der Waals surface area (Å²) < 4.78 is 1.46. The Morgan fingerprint density at radius 2 is 1.70 bits per heavy atom. The van der Waals surface area contributed by atoms with Crippen molar-refractivity contribution in [1.29, 1.82) is 0 Å². The number of rotatable bonds is 7. The maximum atomic E-state index is 12.5. The number of aromatic nitrogens is 3. The zero-order chi connectivity index (χ0) is 21.7. The van der Waals surface area contributed by atoms with Crippen LogP contribution in [0.4, 0.5) is 5.69 Å². The molecule has 1 aromatic heterocycles. The number of hydrogen-bond acceptors (Lipinski definition) is 4. The fraction of sp³-hybridized carbons (Fsp3) is 0.238. The lowest BCUT2D eigenvalue weighted by molar-refractivity contribution is -0.115. The van der Waals surface area contributed by atoms with E-state index in [9.17, 15) is 9.59 Å². The molecule has 156 valence electrons. The third-order valence-corrected chi connectivity index (χ3v) is 5.03. The Bertz CT molecular complexity index is 1060. The minimum Gasteiger partial charge on any atom is -0.340 e. The zero-order valence-corrected chi connectivity index (χ0v) is 18.1. The molecule has 0 atom stereocenters. The van der Waals surface area contributed by atoms with Gasteiger partial charge in [0, 0.05) is 12.1 Å². The first-order chi connectivity index (χ1) is 14.4. The average molecular weight is 446 g/mol. The first kappa shape index (κ1) is 21.8. The molecule has 0 spiro atoms. The van der Waals surface area contributed by atoms with E-state index >= 15 is 0 Å². The highest BCUT2D eigenvalue weighted by atomic mass is 35.5. The minimum atomic E-state index is -0.564. The lowest BCUT2D eigenvalue weighted by Crippen LogP contribution is -2.33. The van der Waals surface area contributed by atoms with Gasteiger partial charge in [0.1, 0.15) is 11.5 Å². The topological polar surface area (TPSA) is 88.9 Å². The van der Waals surface area contributed by atoms with Gasteiger partial charge in [-0.05, 0) is 30.2 Å². The van der Waals surface area contributed by atoms with Crippen molar-refractivity contribution in [3.8, 4) is 5.69 Å². The highest BCUT2D eigenvalue weighted by Gasteiger charge is 2.20. The summed E-state index contributed by atoms with van der Waals surface area (Å²) in [7, 11) is 0. The van der Waals surface area contributed by atoms with Gasteiger partial charge < -0.3 is 10.6 Å². The number of halogens is 2. The lowest BCUT2D eigenvalue weighted by Gasteiger charge is -2.09. The van der Waals surface area contributed by atoms with Gasteiger partial charge >= 0.3 is 0 Å². The minimum absolute atomic E-state index is 0.0652. The van der Waals surface area contributed by atoms with Crippen LogP contribution < -0.4 is 10.6 Å². The first-order valence-electron chi connectivity index (χ1n) is 9.50. The van der Waals surface area contributed by atoms with Crippen LogP contribution in [-0.2, 0) is 17.6 Å². The number of nitrogens with zero attached hydrogens (tertiary/aromatic N) is 3. The molecule has 3 aromatic rings. The molecular weight excluding hydrogens is 425 g/mol. The standard InChI is InChI=1S/C21H21Cl2N5O2/c1-3-13-8-5-6-11-16(13)25-18(29)12-24-21(30)20-26-17(4-2)28(27-20)19-14(22)9-7-10-15(19)23/h5-11H,3-4,12H2,1-2H3,(H,24,30)(H,25,29). The monoisotopic (exact) mass is 445 g/mol. The normalized spacial score (nSPS) is 10.7. The van der Waals surface area contributed by atoms with E-state index in [0.29, 0.717) is 28.0 Å². The van der Waals surface area contributed by atoms with Gasteiger partial charge in [0.15, 0.2) is 0 Å². The number of nitrogens with one attached hydrogen (secondary N) is 2. The maximum absolute atomic E-state index is 12.5. The average Bonchev–Trinajstić information content (AvgIpc) is 3.16. The van der Waals surface area contributed by atoms with Crippen molar-refractivity contribution in [2.24, 2.45) is 0 Å². The summed E-state index contributed by atoms with van der Waals surface area (Å²) in [5, 5.41) is 10.4. The summed E-state index contributed by atoms with van der Waals surface area (Å²) in [5.41, 5.74) is 2.20. The van der Waals surface area contributed by atoms with Gasteiger partial charge in [-0.2, -0.15) is 0 Å². The molecule has 0 saturated carbocycles. The van der Waals surface area contributed by atoms with Crippen LogP contribution in [-0.4, -0.2) is 33.1 Å². The Balaban J connectivity index is 1.72. The number of hydrogen-bond donors (Lipinski definition) is 2. The molecule has 9 heteroatoms. The summed E-state index contributed by atoms with van der Waals surface area (Å²) in [6.07, 6.45) is 1.30. The molecule has 1 heterocycles. The van der Waals surface area contributed by atoms with Gasteiger partial charge in [-0.3, -0.25) is 9.59 Å². The third-order valence-electron chi connectivity index (χ3n) is 4.42. The quantitative estimate of drug-likeness (QED) is 0.573. The Morgan fingerprint density at radius 1 is 1.00 bits per heavy atom. The summed E-state index contributed by atoms with van der Waals surface area (Å²) in [6, 6.07) is 12.6. The molecular formula is C21H21Cl2N5O2. The fourth-order valence-electron chi connectivity index (χ4n) is 2.92. The molecule has 0 unspecified atom stereocenters. The number of benzene rings is 2. The molecule has 7 nitrogen and oxygen atoms in total. The van der Waals surface area contributed by atoms with Crippen molar-refractivity contribution in [2.75, 3.05) is 11.9 Å². The molecule has 0 bridgehead atoms. The smallest absolute Gasteiger partial charge is 0.291 e. The molecule has 0 aliphatic rings. The lowest BCUT2D eigenvalue weighted by atomic mass is 10.1. The van der Waals surface area contributed by atoms with Gasteiger partial charge in [-0.1, -0.05) is 61.3 Å². The molecule has 2 N–H and O–H groups in total. The predicted molar refractivity (Wildman–Crippen MR) is 118 cm³/mol. The number of carbonyl (C=O) groups is 2. The number of amides is 2. The number of anilines is 1. The van der Waals surface area contributed by atoms with E-state index in [0.717, 1.165) is 17.7 Å². The Hall–Kier alpha value is -2.90. The van der Waals surface area contributed by atoms with E-state index in [1.807, 2.05) is 38.1 Å². The van der Waals surface area contributed by atoms with Crippen molar-refractivity contribution in [1.82, 2.24) is 20.1 Å². The summed E-state index contributed by atoms with van der Waals surface area (Å²) in [6.45, 7) is 3.68. The molecule has 0 saturated heterocycles. The Kier molecular flexibility index (Phi) is 7.07. The van der Waals surface area contributed by atoms with Gasteiger partial charge in [-0.15, -0.1) is 5.10 Å². The van der Waals surface area contributed by atoms with Crippen LogP contribution in [0.1, 0.15) is 35.9 Å². The highest BCUT2D eigenvalue weighted by Crippen LogP contribution is 2.28. The Labute approximate surface area is 184 Å². The van der Waals surface area contributed by atoms with Crippen molar-refractivity contribution >= 4 is 40.7 Å². The highest BCUT2D eigenvalue weighted by molar-refractivity contribution is 6.37. The van der Waals surface area contributed by atoms with E-state index < -0.39 is 5.91 Å². The molecule has 2 aromatic carbocycles. The fourth-order valence-corrected chi connectivity index (χ4v) is 3.48. The summed E-state index contributed by atoms with van der Waals surface area (Å²) >= 11 is 12.5. The van der Waals surface area contributed by atoms with E-state index in [1.165, 1.54) is 4.68 Å². The van der Waals surface area contributed by atoms with Crippen molar-refractivity contribution in [2.45, 2.75) is 26.7 Å². The van der Waals surface area contributed by atoms with Gasteiger partial charge in [0.25, 0.3) is 5.91 Å². The van der Waals surface area contributed by atoms with Crippen LogP contribution in [0.2, 0.25) is 10.0 Å². The van der Waals surface area contributed by atoms with Crippen molar-refractivity contribution < 1.29 is 9.59 Å². The van der Waals surface area contributed by atoms with Crippen LogP contribution in [0.15, 0.2) is 42.5 Å². The molecule has 0 aliphatic carbocycles. The van der Waals surface area contributed by atoms with Crippen LogP contribution in [0.25, 0.3) is 5.69 Å². The third kappa shape index (κ3) is 4.80. The largest absolute Gasteiger partial charge is 0.340 e. The van der Waals surface area contributed by atoms with Gasteiger partial charge in [-0.25, -0.2) is 9.67 Å². The molecule has 2 amide bonds. The van der Waals surface area contributed by atoms with Crippen LogP contribution in [0.5, 0.6) is 0 Å². The van der Waals surface area contributed by atoms with E-state index in [2.05, 4.69) is 20.7 Å². The van der Waals surface area contributed by atoms with Crippen LogP contribution in [0.3, 0.4) is 0 Å². The number of para-hydroxylation sites is 2. The number of carbonyl (C=O) groups excluding carboxylic acids is 2. The van der Waals surface area contributed by atoms with Crippen LogP contribution >= 0.6 is 23.2 Å². The first-order valence-corrected chi connectivity index (χ1v) is 10.3. The predicted octanol–water partition coefficient (Wildman–Crippen LogP) is 4.07. The summed E-state index contributed by atoms with van der Waals surface area (Å²) in [5.74, 6) is -0.444. The zero-order valence-electron chi connectivity index (χ0n) is 16.6.